The molecular formula is C24H24N2O5. The molecule has 7 nitrogen and oxygen atoms in total. The number of furan rings is 1. The second-order valence-electron chi connectivity index (χ2n) is 7.27. The van der Waals surface area contributed by atoms with E-state index in [0.717, 1.165) is 28.9 Å². The number of esters is 1. The zero-order valence-electron chi connectivity index (χ0n) is 17.2. The number of hydrogen-bond donors (Lipinski definition) is 2. The fourth-order valence-corrected chi connectivity index (χ4v) is 3.57. The van der Waals surface area contributed by atoms with Crippen LogP contribution in [0.3, 0.4) is 0 Å². The molecule has 3 aromatic rings. The third-order valence-electron chi connectivity index (χ3n) is 5.19. The summed E-state index contributed by atoms with van der Waals surface area (Å²) in [5, 5.41) is 6.08. The van der Waals surface area contributed by atoms with Crippen molar-refractivity contribution >= 4 is 11.9 Å². The van der Waals surface area contributed by atoms with Crippen molar-refractivity contribution in [2.45, 2.75) is 25.6 Å². The lowest BCUT2D eigenvalue weighted by Crippen LogP contribution is -2.29. The fraction of sp³-hybridized carbons (Fsp3) is 0.250. The average molecular weight is 420 g/mol. The second-order valence-corrected chi connectivity index (χ2v) is 7.27. The molecule has 0 saturated carbocycles. The number of rotatable bonds is 8. The monoisotopic (exact) mass is 420 g/mol. The van der Waals surface area contributed by atoms with Crippen molar-refractivity contribution in [3.8, 4) is 5.75 Å². The minimum absolute atomic E-state index is 0.193. The molecule has 31 heavy (non-hydrogen) atoms. The van der Waals surface area contributed by atoms with Crippen LogP contribution < -0.4 is 15.4 Å². The molecule has 7 heteroatoms. The zero-order valence-corrected chi connectivity index (χ0v) is 17.2. The van der Waals surface area contributed by atoms with Crippen molar-refractivity contribution in [3.63, 3.8) is 0 Å². The summed E-state index contributed by atoms with van der Waals surface area (Å²) in [5.41, 5.74) is 3.33. The first-order valence-corrected chi connectivity index (χ1v) is 10.1. The van der Waals surface area contributed by atoms with Gasteiger partial charge in [-0.05, 0) is 53.1 Å². The highest BCUT2D eigenvalue weighted by molar-refractivity contribution is 5.94. The molecule has 0 radical (unpaired) electrons. The van der Waals surface area contributed by atoms with E-state index in [-0.39, 0.29) is 11.9 Å². The second kappa shape index (κ2) is 9.49. The lowest BCUT2D eigenvalue weighted by molar-refractivity contribution is -0.143. The van der Waals surface area contributed by atoms with Gasteiger partial charge >= 0.3 is 5.97 Å². The third-order valence-corrected chi connectivity index (χ3v) is 5.19. The van der Waals surface area contributed by atoms with Crippen LogP contribution >= 0.6 is 0 Å². The number of carbonyl (C=O) groups is 2. The van der Waals surface area contributed by atoms with Crippen LogP contribution in [-0.4, -0.2) is 25.6 Å². The van der Waals surface area contributed by atoms with Crippen LogP contribution in [0, 0.1) is 0 Å². The van der Waals surface area contributed by atoms with Crippen molar-refractivity contribution in [1.29, 1.82) is 0 Å². The Balaban J connectivity index is 1.43. The van der Waals surface area contributed by atoms with Gasteiger partial charge in [0.05, 0.1) is 26.5 Å². The highest BCUT2D eigenvalue weighted by Gasteiger charge is 2.23. The van der Waals surface area contributed by atoms with Gasteiger partial charge in [0, 0.05) is 18.5 Å². The van der Waals surface area contributed by atoms with E-state index in [1.54, 1.807) is 30.5 Å². The summed E-state index contributed by atoms with van der Waals surface area (Å²) in [4.78, 5) is 24.9. The maximum atomic E-state index is 12.5. The zero-order chi connectivity index (χ0) is 21.6. The quantitative estimate of drug-likeness (QED) is 0.544. The standard InChI is InChI=1S/C24H24N2O5/c1-29-24(28)22(18-7-8-21-17(13-18)9-11-31-21)25-14-16-4-2-5-19(12-16)23(27)26-15-20-6-3-10-30-20/h2-8,10,12-13,22,25H,9,11,14-15H2,1H3,(H,26,27). The van der Waals surface area contributed by atoms with Crippen LogP contribution in [0.2, 0.25) is 0 Å². The first kappa shape index (κ1) is 20.7. The van der Waals surface area contributed by atoms with E-state index in [9.17, 15) is 9.59 Å². The highest BCUT2D eigenvalue weighted by atomic mass is 16.5. The Morgan fingerprint density at radius 3 is 2.81 bits per heavy atom. The predicted octanol–water partition coefficient (Wildman–Crippen LogP) is 3.15. The van der Waals surface area contributed by atoms with Crippen LogP contribution in [-0.2, 0) is 29.0 Å². The first-order valence-electron chi connectivity index (χ1n) is 10.1. The minimum atomic E-state index is -0.618. The molecular weight excluding hydrogens is 396 g/mol. The maximum absolute atomic E-state index is 12.5. The van der Waals surface area contributed by atoms with E-state index in [1.807, 2.05) is 30.3 Å². The van der Waals surface area contributed by atoms with Gasteiger partial charge in [-0.3, -0.25) is 10.1 Å². The normalized spacial score (nSPS) is 13.2. The molecule has 1 aliphatic rings. The van der Waals surface area contributed by atoms with Crippen molar-refractivity contribution < 1.29 is 23.5 Å². The fourth-order valence-electron chi connectivity index (χ4n) is 3.57. The molecule has 0 saturated heterocycles. The number of methoxy groups -OCH3 is 1. The van der Waals surface area contributed by atoms with Gasteiger partial charge in [0.15, 0.2) is 0 Å². The summed E-state index contributed by atoms with van der Waals surface area (Å²) in [6, 6.07) is 16.0. The van der Waals surface area contributed by atoms with Crippen LogP contribution in [0.15, 0.2) is 65.3 Å². The number of carbonyl (C=O) groups excluding carboxylic acids is 2. The molecule has 2 N–H and O–H groups in total. The molecule has 4 rings (SSSR count). The van der Waals surface area contributed by atoms with Gasteiger partial charge in [0.25, 0.3) is 5.91 Å². The smallest absolute Gasteiger partial charge is 0.327 e. The molecule has 2 heterocycles. The summed E-state index contributed by atoms with van der Waals surface area (Å²) >= 11 is 0. The van der Waals surface area contributed by atoms with Gasteiger partial charge in [-0.25, -0.2) is 4.79 Å². The molecule has 0 fully saturated rings. The highest BCUT2D eigenvalue weighted by Crippen LogP contribution is 2.28. The van der Waals surface area contributed by atoms with Crippen molar-refractivity contribution in [2.75, 3.05) is 13.7 Å². The van der Waals surface area contributed by atoms with Gasteiger partial charge < -0.3 is 19.2 Å². The lowest BCUT2D eigenvalue weighted by Gasteiger charge is -2.18. The SMILES string of the molecule is COC(=O)C(NCc1cccc(C(=O)NCc2ccco2)c1)c1ccc2c(c1)CCO2. The third kappa shape index (κ3) is 4.95. The molecule has 2 aromatic carbocycles. The van der Waals surface area contributed by atoms with Crippen LogP contribution in [0.5, 0.6) is 5.75 Å². The van der Waals surface area contributed by atoms with Crippen LogP contribution in [0.25, 0.3) is 0 Å². The summed E-state index contributed by atoms with van der Waals surface area (Å²) in [6.45, 7) is 1.37. The minimum Gasteiger partial charge on any atom is -0.493 e. The topological polar surface area (TPSA) is 89.8 Å². The molecule has 1 aromatic heterocycles. The Bertz CT molecular complexity index is 1060. The van der Waals surface area contributed by atoms with Gasteiger partial charge in [0.1, 0.15) is 17.6 Å². The molecule has 0 bridgehead atoms. The number of benzene rings is 2. The largest absolute Gasteiger partial charge is 0.493 e. The Labute approximate surface area is 180 Å². The van der Waals surface area contributed by atoms with E-state index in [4.69, 9.17) is 13.9 Å². The maximum Gasteiger partial charge on any atom is 0.327 e. The molecule has 1 atom stereocenters. The first-order chi connectivity index (χ1) is 15.1. The van der Waals surface area contributed by atoms with Gasteiger partial charge in [0.2, 0.25) is 0 Å². The molecule has 0 spiro atoms. The number of ether oxygens (including phenoxy) is 2. The summed E-state index contributed by atoms with van der Waals surface area (Å²) in [5.74, 6) is 0.986. The molecule has 1 unspecified atom stereocenters. The van der Waals surface area contributed by atoms with Crippen LogP contribution in [0.4, 0.5) is 0 Å². The Morgan fingerprint density at radius 1 is 1.10 bits per heavy atom. The molecule has 1 amide bonds. The summed E-state index contributed by atoms with van der Waals surface area (Å²) < 4.78 is 15.8. The van der Waals surface area contributed by atoms with Crippen molar-refractivity contribution in [2.24, 2.45) is 0 Å². The summed E-state index contributed by atoms with van der Waals surface area (Å²) in [7, 11) is 1.37. The van der Waals surface area contributed by atoms with Crippen molar-refractivity contribution in [3.05, 3.63) is 88.9 Å². The van der Waals surface area contributed by atoms with Crippen molar-refractivity contribution in [1.82, 2.24) is 10.6 Å². The lowest BCUT2D eigenvalue weighted by atomic mass is 10.0. The van der Waals surface area contributed by atoms with Gasteiger partial charge in [-0.1, -0.05) is 18.2 Å². The molecule has 1 aliphatic heterocycles. The predicted molar refractivity (Wildman–Crippen MR) is 114 cm³/mol. The average Bonchev–Trinajstić information content (AvgIpc) is 3.49. The Kier molecular flexibility index (Phi) is 6.33. The van der Waals surface area contributed by atoms with Gasteiger partial charge in [-0.2, -0.15) is 0 Å². The number of amides is 1. The van der Waals surface area contributed by atoms with E-state index >= 15 is 0 Å². The van der Waals surface area contributed by atoms with E-state index < -0.39 is 6.04 Å². The molecule has 160 valence electrons. The summed E-state index contributed by atoms with van der Waals surface area (Å²) in [6.07, 6.45) is 2.39. The van der Waals surface area contributed by atoms with E-state index in [2.05, 4.69) is 10.6 Å². The van der Waals surface area contributed by atoms with E-state index in [0.29, 0.717) is 31.0 Å². The Hall–Kier alpha value is -3.58. The van der Waals surface area contributed by atoms with E-state index in [1.165, 1.54) is 7.11 Å². The Morgan fingerprint density at radius 2 is 2.00 bits per heavy atom. The van der Waals surface area contributed by atoms with Gasteiger partial charge in [-0.15, -0.1) is 0 Å². The number of fused-ring (bicyclic) bond motifs is 1. The number of hydrogen-bond acceptors (Lipinski definition) is 6. The van der Waals surface area contributed by atoms with Crippen LogP contribution in [0.1, 0.15) is 38.9 Å². The molecule has 0 aliphatic carbocycles. The number of nitrogens with one attached hydrogen (secondary N) is 2.